The monoisotopic (exact) mass is 246 g/mol. The molecule has 98 valence electrons. The van der Waals surface area contributed by atoms with Crippen molar-refractivity contribution < 1.29 is 4.79 Å². The van der Waals surface area contributed by atoms with Gasteiger partial charge in [-0.3, -0.25) is 4.79 Å². The fourth-order valence-electron chi connectivity index (χ4n) is 2.50. The van der Waals surface area contributed by atoms with Crippen LogP contribution in [0.25, 0.3) is 0 Å². The lowest BCUT2D eigenvalue weighted by Crippen LogP contribution is -2.25. The van der Waals surface area contributed by atoms with Gasteiger partial charge < -0.3 is 9.80 Å². The molecule has 0 amide bonds. The number of anilines is 1. The van der Waals surface area contributed by atoms with E-state index in [9.17, 15) is 4.79 Å². The maximum Gasteiger partial charge on any atom is 0.159 e. The molecule has 1 aliphatic rings. The molecule has 0 atom stereocenters. The molecule has 18 heavy (non-hydrogen) atoms. The molecule has 1 aromatic carbocycles. The summed E-state index contributed by atoms with van der Waals surface area (Å²) in [5.74, 6) is 0.156. The zero-order valence-corrected chi connectivity index (χ0v) is 11.6. The van der Waals surface area contributed by atoms with Crippen molar-refractivity contribution in [1.82, 2.24) is 4.90 Å². The van der Waals surface area contributed by atoms with Gasteiger partial charge in [0.15, 0.2) is 5.78 Å². The molecule has 1 heterocycles. The Morgan fingerprint density at radius 1 is 1.39 bits per heavy atom. The van der Waals surface area contributed by atoms with Crippen molar-refractivity contribution in [2.45, 2.75) is 19.8 Å². The summed E-state index contributed by atoms with van der Waals surface area (Å²) in [6.07, 6.45) is 2.25. The second-order valence-corrected chi connectivity index (χ2v) is 5.29. The van der Waals surface area contributed by atoms with Gasteiger partial charge in [0.2, 0.25) is 0 Å². The lowest BCUT2D eigenvalue weighted by atomic mass is 10.1. The first kappa shape index (κ1) is 13.1. The average molecular weight is 246 g/mol. The highest BCUT2D eigenvalue weighted by Gasteiger charge is 2.19. The van der Waals surface area contributed by atoms with Crippen molar-refractivity contribution >= 4 is 11.5 Å². The SMILES string of the molecule is CC(=O)c1ccc2c(c1)CCN2CCCN(C)C. The molecule has 0 N–H and O–H groups in total. The standard InChI is InChI=1S/C15H22N2O/c1-12(18)13-5-6-15-14(11-13)7-10-17(15)9-4-8-16(2)3/h5-6,11H,4,7-10H2,1-3H3. The minimum absolute atomic E-state index is 0.156. The molecular formula is C15H22N2O. The molecule has 0 spiro atoms. The maximum absolute atomic E-state index is 11.4. The molecule has 0 saturated heterocycles. The van der Waals surface area contributed by atoms with Crippen molar-refractivity contribution in [2.75, 3.05) is 38.6 Å². The number of hydrogen-bond acceptors (Lipinski definition) is 3. The van der Waals surface area contributed by atoms with E-state index >= 15 is 0 Å². The molecule has 0 fully saturated rings. The predicted octanol–water partition coefficient (Wildman–Crippen LogP) is 2.20. The number of carbonyl (C=O) groups is 1. The largest absolute Gasteiger partial charge is 0.371 e. The third-order valence-corrected chi connectivity index (χ3v) is 3.51. The zero-order valence-electron chi connectivity index (χ0n) is 11.6. The lowest BCUT2D eigenvalue weighted by Gasteiger charge is -2.20. The number of hydrogen-bond donors (Lipinski definition) is 0. The van der Waals surface area contributed by atoms with Crippen molar-refractivity contribution in [1.29, 1.82) is 0 Å². The van der Waals surface area contributed by atoms with E-state index in [-0.39, 0.29) is 5.78 Å². The van der Waals surface area contributed by atoms with E-state index < -0.39 is 0 Å². The Balaban J connectivity index is 2.02. The Morgan fingerprint density at radius 3 is 2.83 bits per heavy atom. The van der Waals surface area contributed by atoms with Crippen LogP contribution in [-0.2, 0) is 6.42 Å². The van der Waals surface area contributed by atoms with Gasteiger partial charge in [0.05, 0.1) is 0 Å². The summed E-state index contributed by atoms with van der Waals surface area (Å²) >= 11 is 0. The third-order valence-electron chi connectivity index (χ3n) is 3.51. The van der Waals surface area contributed by atoms with E-state index in [1.54, 1.807) is 6.92 Å². The Kier molecular flexibility index (Phi) is 4.02. The van der Waals surface area contributed by atoms with Crippen molar-refractivity contribution in [3.05, 3.63) is 29.3 Å². The van der Waals surface area contributed by atoms with Crippen LogP contribution < -0.4 is 4.90 Å². The number of benzene rings is 1. The van der Waals surface area contributed by atoms with Gasteiger partial charge in [-0.1, -0.05) is 0 Å². The van der Waals surface area contributed by atoms with Crippen LogP contribution in [0.4, 0.5) is 5.69 Å². The van der Waals surface area contributed by atoms with Crippen LogP contribution in [0.1, 0.15) is 29.3 Å². The Bertz CT molecular complexity index is 440. The van der Waals surface area contributed by atoms with E-state index in [2.05, 4.69) is 36.0 Å². The number of Topliss-reactive ketones (excluding diaryl/α,β-unsaturated/α-hetero) is 1. The van der Waals surface area contributed by atoms with Crippen molar-refractivity contribution in [3.8, 4) is 0 Å². The summed E-state index contributed by atoms with van der Waals surface area (Å²) in [6, 6.07) is 6.11. The highest BCUT2D eigenvalue weighted by molar-refractivity contribution is 5.94. The quantitative estimate of drug-likeness (QED) is 0.744. The minimum atomic E-state index is 0.156. The predicted molar refractivity (Wildman–Crippen MR) is 75.5 cm³/mol. The molecular weight excluding hydrogens is 224 g/mol. The van der Waals surface area contributed by atoms with Crippen LogP contribution in [0, 0.1) is 0 Å². The van der Waals surface area contributed by atoms with Crippen LogP contribution in [0.2, 0.25) is 0 Å². The zero-order chi connectivity index (χ0) is 13.1. The molecule has 3 nitrogen and oxygen atoms in total. The van der Waals surface area contributed by atoms with E-state index in [4.69, 9.17) is 0 Å². The highest BCUT2D eigenvalue weighted by Crippen LogP contribution is 2.28. The third kappa shape index (κ3) is 2.91. The second kappa shape index (κ2) is 5.53. The number of ketones is 1. The van der Waals surface area contributed by atoms with E-state index in [1.807, 2.05) is 6.07 Å². The summed E-state index contributed by atoms with van der Waals surface area (Å²) in [5.41, 5.74) is 3.48. The summed E-state index contributed by atoms with van der Waals surface area (Å²) in [4.78, 5) is 16.0. The van der Waals surface area contributed by atoms with Gasteiger partial charge in [0, 0.05) is 24.3 Å². The van der Waals surface area contributed by atoms with Crippen molar-refractivity contribution in [2.24, 2.45) is 0 Å². The van der Waals surface area contributed by atoms with Gasteiger partial charge in [-0.15, -0.1) is 0 Å². The smallest absolute Gasteiger partial charge is 0.159 e. The van der Waals surface area contributed by atoms with E-state index in [0.717, 1.165) is 31.6 Å². The molecule has 0 saturated carbocycles. The average Bonchev–Trinajstić information content (AvgIpc) is 2.71. The van der Waals surface area contributed by atoms with Gasteiger partial charge in [-0.2, -0.15) is 0 Å². The summed E-state index contributed by atoms with van der Waals surface area (Å²) in [7, 11) is 4.22. The first-order chi connectivity index (χ1) is 8.58. The minimum Gasteiger partial charge on any atom is -0.371 e. The Hall–Kier alpha value is -1.35. The van der Waals surface area contributed by atoms with Crippen LogP contribution in [-0.4, -0.2) is 44.4 Å². The number of fused-ring (bicyclic) bond motifs is 1. The summed E-state index contributed by atoms with van der Waals surface area (Å²) < 4.78 is 0. The molecule has 0 aromatic heterocycles. The van der Waals surface area contributed by atoms with E-state index in [0.29, 0.717) is 0 Å². The van der Waals surface area contributed by atoms with Crippen molar-refractivity contribution in [3.63, 3.8) is 0 Å². The van der Waals surface area contributed by atoms with Gasteiger partial charge in [-0.05, 0) is 64.2 Å². The van der Waals surface area contributed by atoms with Gasteiger partial charge >= 0.3 is 0 Å². The summed E-state index contributed by atoms with van der Waals surface area (Å²) in [5, 5.41) is 0. The fraction of sp³-hybridized carbons (Fsp3) is 0.533. The highest BCUT2D eigenvalue weighted by atomic mass is 16.1. The molecule has 0 aliphatic carbocycles. The second-order valence-electron chi connectivity index (χ2n) is 5.29. The van der Waals surface area contributed by atoms with E-state index in [1.165, 1.54) is 17.7 Å². The van der Waals surface area contributed by atoms with Crippen LogP contribution in [0.5, 0.6) is 0 Å². The lowest BCUT2D eigenvalue weighted by molar-refractivity contribution is 0.101. The Labute approximate surface area is 109 Å². The molecule has 1 aromatic rings. The van der Waals surface area contributed by atoms with Crippen LogP contribution in [0.15, 0.2) is 18.2 Å². The van der Waals surface area contributed by atoms with Crippen LogP contribution in [0.3, 0.4) is 0 Å². The number of nitrogens with zero attached hydrogens (tertiary/aromatic N) is 2. The van der Waals surface area contributed by atoms with Gasteiger partial charge in [0.1, 0.15) is 0 Å². The molecule has 2 rings (SSSR count). The summed E-state index contributed by atoms with van der Waals surface area (Å²) in [6.45, 7) is 4.94. The number of carbonyl (C=O) groups excluding carboxylic acids is 1. The molecule has 0 unspecified atom stereocenters. The molecule has 0 bridgehead atoms. The fourth-order valence-corrected chi connectivity index (χ4v) is 2.50. The number of rotatable bonds is 5. The first-order valence-electron chi connectivity index (χ1n) is 6.61. The normalized spacial score (nSPS) is 14.1. The topological polar surface area (TPSA) is 23.6 Å². The molecule has 3 heteroatoms. The maximum atomic E-state index is 11.4. The molecule has 1 aliphatic heterocycles. The van der Waals surface area contributed by atoms with Gasteiger partial charge in [-0.25, -0.2) is 0 Å². The van der Waals surface area contributed by atoms with Gasteiger partial charge in [0.25, 0.3) is 0 Å². The van der Waals surface area contributed by atoms with Crippen LogP contribution >= 0.6 is 0 Å². The Morgan fingerprint density at radius 2 is 2.17 bits per heavy atom. The molecule has 0 radical (unpaired) electrons. The first-order valence-corrected chi connectivity index (χ1v) is 6.61.